The van der Waals surface area contributed by atoms with Gasteiger partial charge in [-0.2, -0.15) is 0 Å². The maximum absolute atomic E-state index is 8.74. The molecule has 0 aliphatic heterocycles. The van der Waals surface area contributed by atoms with Gasteiger partial charge in [0.05, 0.1) is 12.8 Å². The topological polar surface area (TPSA) is 62.4 Å². The van der Waals surface area contributed by atoms with Gasteiger partial charge in [-0.05, 0) is 6.92 Å². The predicted molar refractivity (Wildman–Crippen MR) is 51.5 cm³/mol. The first-order chi connectivity index (χ1) is 5.77. The Morgan fingerprint density at radius 1 is 1.75 bits per heavy atom. The first kappa shape index (κ1) is 9.28. The van der Waals surface area contributed by atoms with Crippen LogP contribution >= 0.6 is 11.3 Å². The second kappa shape index (κ2) is 4.27. The van der Waals surface area contributed by atoms with Crippen LogP contribution in [0, 0.1) is 0 Å². The molecule has 0 amide bonds. The quantitative estimate of drug-likeness (QED) is 0.722. The summed E-state index contributed by atoms with van der Waals surface area (Å²) in [6.07, 6.45) is 1.64. The number of anilines is 2. The molecule has 0 aliphatic carbocycles. The van der Waals surface area contributed by atoms with Gasteiger partial charge in [0.25, 0.3) is 0 Å². The van der Waals surface area contributed by atoms with Crippen molar-refractivity contribution in [3.63, 3.8) is 0 Å². The van der Waals surface area contributed by atoms with Crippen molar-refractivity contribution in [1.29, 1.82) is 0 Å². The van der Waals surface area contributed by atoms with E-state index >= 15 is 0 Å². The molecule has 5 heteroatoms. The van der Waals surface area contributed by atoms with Gasteiger partial charge < -0.3 is 15.7 Å². The van der Waals surface area contributed by atoms with E-state index in [0.29, 0.717) is 11.5 Å². The van der Waals surface area contributed by atoms with Gasteiger partial charge in [0.2, 0.25) is 0 Å². The van der Waals surface area contributed by atoms with Crippen molar-refractivity contribution in [2.24, 2.45) is 0 Å². The molecule has 0 atom stereocenters. The lowest BCUT2D eigenvalue weighted by molar-refractivity contribution is 0.302. The molecule has 68 valence electrons. The van der Waals surface area contributed by atoms with E-state index in [-0.39, 0.29) is 6.61 Å². The molecule has 0 unspecified atom stereocenters. The molecule has 1 rings (SSSR count). The molecule has 1 aromatic heterocycles. The van der Waals surface area contributed by atoms with Crippen LogP contribution in [0.2, 0.25) is 0 Å². The number of nitrogens with two attached hydrogens (primary N) is 1. The predicted octanol–water partition coefficient (Wildman–Crippen LogP) is 0.544. The smallest absolute Gasteiger partial charge is 0.187 e. The highest BCUT2D eigenvalue weighted by Crippen LogP contribution is 2.23. The van der Waals surface area contributed by atoms with Gasteiger partial charge in [-0.1, -0.05) is 11.3 Å². The number of hydrogen-bond donors (Lipinski definition) is 2. The van der Waals surface area contributed by atoms with Gasteiger partial charge in [0.15, 0.2) is 5.13 Å². The van der Waals surface area contributed by atoms with Crippen LogP contribution in [-0.2, 0) is 0 Å². The Hall–Kier alpha value is -0.810. The number of aliphatic hydroxyl groups is 1. The number of hydrogen-bond acceptors (Lipinski definition) is 5. The molecule has 0 aliphatic rings. The molecule has 0 saturated carbocycles. The molecule has 1 aromatic rings. The Morgan fingerprint density at radius 2 is 2.50 bits per heavy atom. The standard InChI is InChI=1S/C7H13N3OS/c1-2-10(3-4-11)7-9-5-6(8)12-7/h5,11H,2-4,8H2,1H3. The second-order valence-electron chi connectivity index (χ2n) is 2.35. The zero-order chi connectivity index (χ0) is 8.97. The minimum atomic E-state index is 0.146. The molecule has 0 fully saturated rings. The molecule has 0 bridgehead atoms. The number of nitrogens with zero attached hydrogens (tertiary/aromatic N) is 2. The monoisotopic (exact) mass is 187 g/mol. The Morgan fingerprint density at radius 3 is 2.92 bits per heavy atom. The second-order valence-corrected chi connectivity index (χ2v) is 3.39. The van der Waals surface area contributed by atoms with Crippen molar-refractivity contribution in [1.82, 2.24) is 4.98 Å². The lowest BCUT2D eigenvalue weighted by Crippen LogP contribution is -2.25. The van der Waals surface area contributed by atoms with Crippen LogP contribution in [0.4, 0.5) is 10.1 Å². The van der Waals surface area contributed by atoms with Crippen molar-refractivity contribution in [3.8, 4) is 0 Å². The average Bonchev–Trinajstić information content (AvgIpc) is 2.47. The van der Waals surface area contributed by atoms with Crippen molar-refractivity contribution >= 4 is 21.5 Å². The van der Waals surface area contributed by atoms with Crippen LogP contribution in [-0.4, -0.2) is 29.8 Å². The molecule has 0 radical (unpaired) electrons. The largest absolute Gasteiger partial charge is 0.395 e. The molecular formula is C7H13N3OS. The molecule has 4 nitrogen and oxygen atoms in total. The summed E-state index contributed by atoms with van der Waals surface area (Å²) in [5.41, 5.74) is 5.53. The van der Waals surface area contributed by atoms with Gasteiger partial charge in [-0.25, -0.2) is 4.98 Å². The minimum Gasteiger partial charge on any atom is -0.395 e. The number of thiazole rings is 1. The number of aliphatic hydroxyl groups excluding tert-OH is 1. The van der Waals surface area contributed by atoms with E-state index in [1.54, 1.807) is 6.20 Å². The van der Waals surface area contributed by atoms with E-state index in [1.807, 2.05) is 11.8 Å². The Labute approximate surface area is 75.6 Å². The lowest BCUT2D eigenvalue weighted by atomic mass is 10.5. The fourth-order valence-electron chi connectivity index (χ4n) is 0.933. The summed E-state index contributed by atoms with van der Waals surface area (Å²) in [7, 11) is 0. The SMILES string of the molecule is CCN(CCO)c1ncc(N)s1. The zero-order valence-electron chi connectivity index (χ0n) is 7.03. The third-order valence-corrected chi connectivity index (χ3v) is 2.42. The number of aromatic nitrogens is 1. The third kappa shape index (κ3) is 2.09. The van der Waals surface area contributed by atoms with E-state index in [9.17, 15) is 0 Å². The van der Waals surface area contributed by atoms with Crippen LogP contribution in [0.15, 0.2) is 6.20 Å². The number of nitrogen functional groups attached to an aromatic ring is 1. The van der Waals surface area contributed by atoms with E-state index in [0.717, 1.165) is 11.7 Å². The first-order valence-electron chi connectivity index (χ1n) is 3.85. The van der Waals surface area contributed by atoms with E-state index < -0.39 is 0 Å². The maximum Gasteiger partial charge on any atom is 0.187 e. The van der Waals surface area contributed by atoms with Gasteiger partial charge in [-0.3, -0.25) is 0 Å². The van der Waals surface area contributed by atoms with Gasteiger partial charge >= 0.3 is 0 Å². The summed E-state index contributed by atoms with van der Waals surface area (Å²) in [5, 5.41) is 10.3. The van der Waals surface area contributed by atoms with Crippen LogP contribution in [0.1, 0.15) is 6.92 Å². The molecular weight excluding hydrogens is 174 g/mol. The Balaban J connectivity index is 2.66. The fraction of sp³-hybridized carbons (Fsp3) is 0.571. The Kier molecular flexibility index (Phi) is 3.31. The molecule has 0 aromatic carbocycles. The van der Waals surface area contributed by atoms with Crippen molar-refractivity contribution in [2.45, 2.75) is 6.92 Å². The number of likely N-dealkylation sites (N-methyl/N-ethyl adjacent to an activating group) is 1. The van der Waals surface area contributed by atoms with E-state index in [4.69, 9.17) is 10.8 Å². The molecule has 0 spiro atoms. The van der Waals surface area contributed by atoms with Crippen molar-refractivity contribution < 1.29 is 5.11 Å². The fourth-order valence-corrected chi connectivity index (χ4v) is 1.70. The summed E-state index contributed by atoms with van der Waals surface area (Å²) in [5.74, 6) is 0. The molecule has 0 saturated heterocycles. The minimum absolute atomic E-state index is 0.146. The molecule has 1 heterocycles. The summed E-state index contributed by atoms with van der Waals surface area (Å²) in [4.78, 5) is 6.10. The summed E-state index contributed by atoms with van der Waals surface area (Å²) in [6.45, 7) is 3.62. The van der Waals surface area contributed by atoms with Gasteiger partial charge in [-0.15, -0.1) is 0 Å². The zero-order valence-corrected chi connectivity index (χ0v) is 7.84. The Bertz CT molecular complexity index is 238. The highest BCUT2D eigenvalue weighted by Gasteiger charge is 2.06. The average molecular weight is 187 g/mol. The summed E-state index contributed by atoms with van der Waals surface area (Å²) in [6, 6.07) is 0. The van der Waals surface area contributed by atoms with Crippen molar-refractivity contribution in [2.75, 3.05) is 30.3 Å². The van der Waals surface area contributed by atoms with Crippen molar-refractivity contribution in [3.05, 3.63) is 6.20 Å². The number of rotatable bonds is 4. The van der Waals surface area contributed by atoms with Crippen LogP contribution in [0.3, 0.4) is 0 Å². The van der Waals surface area contributed by atoms with Crippen LogP contribution in [0.5, 0.6) is 0 Å². The summed E-state index contributed by atoms with van der Waals surface area (Å²) >= 11 is 1.44. The third-order valence-electron chi connectivity index (χ3n) is 1.53. The van der Waals surface area contributed by atoms with Crippen LogP contribution < -0.4 is 10.6 Å². The molecule has 12 heavy (non-hydrogen) atoms. The first-order valence-corrected chi connectivity index (χ1v) is 4.66. The lowest BCUT2D eigenvalue weighted by Gasteiger charge is -2.17. The van der Waals surface area contributed by atoms with E-state index in [1.165, 1.54) is 11.3 Å². The molecule has 3 N–H and O–H groups in total. The summed E-state index contributed by atoms with van der Waals surface area (Å²) < 4.78 is 0. The maximum atomic E-state index is 8.74. The van der Waals surface area contributed by atoms with Gasteiger partial charge in [0, 0.05) is 13.1 Å². The highest BCUT2D eigenvalue weighted by molar-refractivity contribution is 7.19. The normalized spacial score (nSPS) is 10.2. The highest BCUT2D eigenvalue weighted by atomic mass is 32.1. The van der Waals surface area contributed by atoms with Crippen LogP contribution in [0.25, 0.3) is 0 Å². The van der Waals surface area contributed by atoms with Gasteiger partial charge in [0.1, 0.15) is 5.00 Å². The van der Waals surface area contributed by atoms with E-state index in [2.05, 4.69) is 4.98 Å².